The molecule has 0 aliphatic carbocycles. The number of aromatic nitrogens is 8. The Morgan fingerprint density at radius 2 is 0.731 bits per heavy atom. The number of benzene rings is 1. The van der Waals surface area contributed by atoms with Gasteiger partial charge in [-0.1, -0.05) is 6.07 Å². The number of carbonyl (C=O) groups excluding carboxylic acids is 4. The van der Waals surface area contributed by atoms with Crippen LogP contribution in [0.3, 0.4) is 0 Å². The Bertz CT molecular complexity index is 1840. The zero-order valence-electron chi connectivity index (χ0n) is 30.2. The molecule has 0 fully saturated rings. The molecule has 18 heteroatoms. The molecule has 5 rings (SSSR count). The summed E-state index contributed by atoms with van der Waals surface area (Å²) in [6.07, 6.45) is 0. The van der Waals surface area contributed by atoms with Crippen LogP contribution in [-0.4, -0.2) is 91.4 Å². The van der Waals surface area contributed by atoms with E-state index in [9.17, 15) is 19.2 Å². The van der Waals surface area contributed by atoms with Crippen molar-refractivity contribution in [1.29, 1.82) is 0 Å². The van der Waals surface area contributed by atoms with Gasteiger partial charge in [-0.15, -0.1) is 0 Å². The molecule has 52 heavy (non-hydrogen) atoms. The number of esters is 4. The van der Waals surface area contributed by atoms with Crippen LogP contribution in [0.2, 0.25) is 0 Å². The number of ether oxygens (including phenoxy) is 4. The lowest BCUT2D eigenvalue weighted by molar-refractivity contribution is 0.0584. The Kier molecular flexibility index (Phi) is 11.1. The highest BCUT2D eigenvalue weighted by atomic mass is 16.5. The largest absolute Gasteiger partial charge is 0.464 e. The van der Waals surface area contributed by atoms with Crippen molar-refractivity contribution in [3.63, 3.8) is 0 Å². The molecule has 0 aliphatic heterocycles. The van der Waals surface area contributed by atoms with E-state index in [1.165, 1.54) is 28.4 Å². The summed E-state index contributed by atoms with van der Waals surface area (Å²) < 4.78 is 26.2. The molecule has 0 N–H and O–H groups in total. The summed E-state index contributed by atoms with van der Waals surface area (Å²) in [5, 5.41) is 17.9. The van der Waals surface area contributed by atoms with Gasteiger partial charge < -0.3 is 28.7 Å². The topological polar surface area (TPSA) is 183 Å². The van der Waals surface area contributed by atoms with Crippen molar-refractivity contribution in [3.05, 3.63) is 94.1 Å². The summed E-state index contributed by atoms with van der Waals surface area (Å²) in [4.78, 5) is 53.1. The van der Waals surface area contributed by atoms with Crippen molar-refractivity contribution in [3.8, 4) is 0 Å². The smallest absolute Gasteiger partial charge is 0.358 e. The average molecular weight is 717 g/mol. The maximum atomic E-state index is 12.3. The van der Waals surface area contributed by atoms with Gasteiger partial charge in [-0.2, -0.15) is 20.4 Å². The molecule has 4 aromatic heterocycles. The summed E-state index contributed by atoms with van der Waals surface area (Å²) in [5.74, 6) is -2.26. The Hall–Kier alpha value is -6.46. The Morgan fingerprint density at radius 3 is 0.962 bits per heavy atom. The van der Waals surface area contributed by atoms with E-state index in [0.29, 0.717) is 22.8 Å². The highest BCUT2D eigenvalue weighted by Crippen LogP contribution is 2.26. The van der Waals surface area contributed by atoms with E-state index in [-0.39, 0.29) is 49.5 Å². The first kappa shape index (κ1) is 36.8. The fourth-order valence-corrected chi connectivity index (χ4v) is 5.38. The lowest BCUT2D eigenvalue weighted by atomic mass is 10.2. The van der Waals surface area contributed by atoms with E-state index in [0.717, 1.165) is 11.4 Å². The molecule has 5 aromatic rings. The fourth-order valence-electron chi connectivity index (χ4n) is 5.38. The molecule has 0 atom stereocenters. The third kappa shape index (κ3) is 7.95. The second-order valence-electron chi connectivity index (χ2n) is 11.8. The third-order valence-corrected chi connectivity index (χ3v) is 8.28. The molecule has 0 saturated carbocycles. The van der Waals surface area contributed by atoms with Gasteiger partial charge in [-0.25, -0.2) is 37.9 Å². The normalized spacial score (nSPS) is 10.9. The maximum absolute atomic E-state index is 12.3. The second kappa shape index (κ2) is 15.6. The minimum Gasteiger partial charge on any atom is -0.464 e. The Labute approximate surface area is 299 Å². The zero-order chi connectivity index (χ0) is 37.7. The lowest BCUT2D eigenvalue weighted by Gasteiger charge is -2.29. The number of anilines is 2. The van der Waals surface area contributed by atoms with E-state index >= 15 is 0 Å². The fraction of sp³-hybridized carbons (Fsp3) is 0.353. The second-order valence-corrected chi connectivity index (χ2v) is 11.8. The van der Waals surface area contributed by atoms with Gasteiger partial charge in [0.05, 0.1) is 28.4 Å². The number of hydrogen-bond acceptors (Lipinski definition) is 14. The van der Waals surface area contributed by atoms with Gasteiger partial charge in [0, 0.05) is 34.2 Å². The minimum atomic E-state index is -0.565. The monoisotopic (exact) mass is 716 g/mol. The molecule has 0 amide bonds. The molecule has 0 bridgehead atoms. The van der Waals surface area contributed by atoms with Crippen LogP contribution < -0.4 is 9.80 Å². The lowest BCUT2D eigenvalue weighted by Crippen LogP contribution is -2.32. The van der Waals surface area contributed by atoms with E-state index < -0.39 is 23.9 Å². The number of aryl methyl sites for hydroxylation is 4. The molecule has 0 saturated heterocycles. The van der Waals surface area contributed by atoms with Gasteiger partial charge in [0.15, 0.2) is 22.8 Å². The van der Waals surface area contributed by atoms with E-state index in [4.69, 9.17) is 18.9 Å². The number of carbonyl (C=O) groups is 4. The van der Waals surface area contributed by atoms with Gasteiger partial charge in [0.2, 0.25) is 0 Å². The highest BCUT2D eigenvalue weighted by molar-refractivity contribution is 5.88. The predicted molar refractivity (Wildman–Crippen MR) is 185 cm³/mol. The first-order valence-corrected chi connectivity index (χ1v) is 16.0. The molecule has 18 nitrogen and oxygen atoms in total. The van der Waals surface area contributed by atoms with Crippen LogP contribution in [0.5, 0.6) is 0 Å². The molecule has 4 heterocycles. The van der Waals surface area contributed by atoms with Crippen molar-refractivity contribution >= 4 is 35.3 Å². The van der Waals surface area contributed by atoms with Gasteiger partial charge in [-0.3, -0.25) is 0 Å². The number of rotatable bonds is 14. The van der Waals surface area contributed by atoms with Crippen LogP contribution >= 0.6 is 0 Å². The van der Waals surface area contributed by atoms with Crippen LogP contribution in [0, 0.1) is 27.7 Å². The number of nitrogens with zero attached hydrogens (tertiary/aromatic N) is 10. The molecule has 1 aromatic carbocycles. The molecule has 0 spiro atoms. The van der Waals surface area contributed by atoms with E-state index in [1.807, 2.05) is 61.8 Å². The van der Waals surface area contributed by atoms with Crippen LogP contribution in [0.25, 0.3) is 0 Å². The average Bonchev–Trinajstić information content (AvgIpc) is 3.92. The molecular weight excluding hydrogens is 676 g/mol. The van der Waals surface area contributed by atoms with Crippen LogP contribution in [-0.2, 0) is 45.6 Å². The molecule has 274 valence electrons. The molecule has 0 radical (unpaired) electrons. The summed E-state index contributed by atoms with van der Waals surface area (Å²) in [5.41, 5.74) is 4.93. The third-order valence-electron chi connectivity index (χ3n) is 8.28. The van der Waals surface area contributed by atoms with Crippen LogP contribution in [0.15, 0.2) is 48.5 Å². The number of methoxy groups -OCH3 is 4. The first-order chi connectivity index (χ1) is 24.8. The molecule has 0 aliphatic rings. The van der Waals surface area contributed by atoms with Crippen molar-refractivity contribution in [2.75, 3.05) is 38.2 Å². The van der Waals surface area contributed by atoms with E-state index in [2.05, 4.69) is 20.4 Å². The van der Waals surface area contributed by atoms with Gasteiger partial charge >= 0.3 is 23.9 Å². The molecular formula is C34H40N10O8. The predicted octanol–water partition coefficient (Wildman–Crippen LogP) is 3.10. The SMILES string of the molecule is COC(=O)c1cc(C)n(CN(Cn2nc(C(=O)OC)cc2C)c2cccc(N(Cn3nc(C(=O)OC)cc3C)Cn3nc(C(=O)OC)cc3C)c2)n1. The van der Waals surface area contributed by atoms with Gasteiger partial charge in [-0.05, 0) is 70.2 Å². The van der Waals surface area contributed by atoms with E-state index in [1.54, 1.807) is 43.0 Å². The Morgan fingerprint density at radius 1 is 0.481 bits per heavy atom. The van der Waals surface area contributed by atoms with Crippen LogP contribution in [0.4, 0.5) is 11.4 Å². The van der Waals surface area contributed by atoms with Crippen molar-refractivity contribution < 1.29 is 38.1 Å². The zero-order valence-corrected chi connectivity index (χ0v) is 30.2. The standard InChI is InChI=1S/C34H40N10O8/c1-21-12-27(31(45)49-5)35-41(21)17-39(18-42-22(2)13-28(36-42)32(46)50-6)25-10-9-11-26(16-25)40(19-43-23(3)14-29(37-43)33(47)51-7)20-44-24(4)15-30(38-44)34(48)52-8/h9-16H,17-20H2,1-8H3. The first-order valence-electron chi connectivity index (χ1n) is 16.0. The summed E-state index contributed by atoms with van der Waals surface area (Å²) in [6.45, 7) is 8.04. The van der Waals surface area contributed by atoms with Gasteiger partial charge in [0.1, 0.15) is 26.7 Å². The summed E-state index contributed by atoms with van der Waals surface area (Å²) in [6, 6.07) is 14.2. The highest BCUT2D eigenvalue weighted by Gasteiger charge is 2.22. The maximum Gasteiger partial charge on any atom is 0.358 e. The molecule has 0 unspecified atom stereocenters. The van der Waals surface area contributed by atoms with Gasteiger partial charge in [0.25, 0.3) is 0 Å². The minimum absolute atomic E-state index is 0.157. The van der Waals surface area contributed by atoms with Crippen molar-refractivity contribution in [2.24, 2.45) is 0 Å². The number of hydrogen-bond donors (Lipinski definition) is 0. The summed E-state index contributed by atoms with van der Waals surface area (Å²) in [7, 11) is 5.17. The van der Waals surface area contributed by atoms with Crippen LogP contribution in [0.1, 0.15) is 64.7 Å². The van der Waals surface area contributed by atoms with Crippen molar-refractivity contribution in [1.82, 2.24) is 39.1 Å². The quantitative estimate of drug-likeness (QED) is 0.121. The van der Waals surface area contributed by atoms with Crippen molar-refractivity contribution in [2.45, 2.75) is 54.4 Å². The Balaban J connectivity index is 1.57. The summed E-state index contributed by atoms with van der Waals surface area (Å²) >= 11 is 0.